The van der Waals surface area contributed by atoms with Gasteiger partial charge in [0.05, 0.1) is 53.0 Å². The minimum atomic E-state index is -0.308. The number of carbonyl (C=O) groups is 3. The summed E-state index contributed by atoms with van der Waals surface area (Å²) in [6, 6.07) is 51.7. The van der Waals surface area contributed by atoms with E-state index in [0.717, 1.165) is 201 Å². The quantitative estimate of drug-likeness (QED) is 0.0490. The highest BCUT2D eigenvalue weighted by atomic mass is 35.5. The fourth-order valence-electron chi connectivity index (χ4n) is 16.0. The van der Waals surface area contributed by atoms with Gasteiger partial charge in [-0.05, 0) is 65.6 Å². The molecule has 592 valence electrons. The standard InChI is InChI=1S/C23H31N3O.C19H25Cl2N3O3.C19H23ClN2.C11H21N3O2.C9H19N3O.C2H3N/c27-23-11-12-24(19-23)17-22-18-25(15-20-7-3-1-4-8-20)13-14-26(22)16-21-9-5-2-6-10-21;1-13(25)23-6-7-24(15(11-23)10-22-5-4-16(26)12-22)19(27)9-14-2-3-17(20)18(21)8-14;20-13-19-16-21(14-17-7-3-1-4-8-17)11-12-22(19)15-18-9-5-2-6-10-18;1-9(15)14-5-3-12-10(7-14)6-13-4-2-11(16)8-13;13-9-1-4-12(7-9)6-8-5-10-2-3-11-8;1-2-3/h1-10,22-23,27H,11-19H2;2-3,8,15-16,26H,4-7,9-12H2,1H3;1-10,19H,11-16H2;10-12,16H,2-8H2,1H3;8-11,13H,1-7H2;1H3/t22?,23-;;;;8?,9-;/m0...0./s1. The van der Waals surface area contributed by atoms with Crippen LogP contribution in [0, 0.1) is 11.3 Å². The maximum absolute atomic E-state index is 13.0. The van der Waals surface area contributed by atoms with E-state index in [2.05, 4.69) is 176 Å². The maximum Gasteiger partial charge on any atom is 0.227 e. The highest BCUT2D eigenvalue weighted by Gasteiger charge is 2.36. The molecule has 9 fully saturated rings. The lowest BCUT2D eigenvalue weighted by atomic mass is 10.1. The molecule has 0 bridgehead atoms. The number of amides is 3. The second-order valence-electron chi connectivity index (χ2n) is 30.4. The van der Waals surface area contributed by atoms with Crippen LogP contribution in [0.3, 0.4) is 0 Å². The number of hydrogen-bond acceptors (Lipinski definition) is 19. The third-order valence-electron chi connectivity index (χ3n) is 21.8. The number of aliphatic hydroxyl groups is 4. The molecule has 14 rings (SSSR count). The molecule has 9 saturated heterocycles. The topological polar surface area (TPSA) is 228 Å². The molecule has 7 unspecified atom stereocenters. The van der Waals surface area contributed by atoms with E-state index >= 15 is 0 Å². The Labute approximate surface area is 658 Å². The molecule has 9 aliphatic heterocycles. The number of hydrogen-bond donors (Lipinski definition) is 7. The first-order valence-electron chi connectivity index (χ1n) is 39.3. The Morgan fingerprint density at radius 3 is 1.30 bits per heavy atom. The minimum Gasteiger partial charge on any atom is -0.392 e. The molecule has 9 atom stereocenters. The Hall–Kier alpha value is -5.73. The SMILES string of the molecule is CC#N.CC(=O)N1CCN(C(=O)Cc2ccc(Cl)c(Cl)c2)C(CN2CCC(O)C2)C1.CC(=O)N1CCNC(CN2CCC(O)C2)C1.ClCC1CN(Cc2ccccc2)CCN1Cc1ccccc1.O[C@H]1CCN(CC2CN(Cc3ccccc3)CCN2Cc2ccccc2)C1.O[C@H]1CCN(CC2CNCCN2)C1. The summed E-state index contributed by atoms with van der Waals surface area (Å²) in [4.78, 5) is 61.1. The highest BCUT2D eigenvalue weighted by Crippen LogP contribution is 2.26. The van der Waals surface area contributed by atoms with Crippen molar-refractivity contribution in [1.29, 1.82) is 5.26 Å². The Bertz CT molecular complexity index is 3450. The summed E-state index contributed by atoms with van der Waals surface area (Å²) in [5.74, 6) is 0.894. The van der Waals surface area contributed by atoms with Gasteiger partial charge in [0.25, 0.3) is 0 Å². The summed E-state index contributed by atoms with van der Waals surface area (Å²) in [5, 5.41) is 57.0. The third-order valence-corrected chi connectivity index (χ3v) is 22.9. The summed E-state index contributed by atoms with van der Waals surface area (Å²) in [7, 11) is 0. The van der Waals surface area contributed by atoms with Crippen molar-refractivity contribution >= 4 is 52.5 Å². The van der Waals surface area contributed by atoms with E-state index in [0.29, 0.717) is 72.8 Å². The zero-order valence-electron chi connectivity index (χ0n) is 64.2. The number of carbonyl (C=O) groups excluding carboxylic acids is 3. The van der Waals surface area contributed by atoms with Crippen LogP contribution >= 0.6 is 34.8 Å². The molecule has 0 radical (unpaired) electrons. The van der Waals surface area contributed by atoms with Crippen molar-refractivity contribution in [2.75, 3.05) is 183 Å². The van der Waals surface area contributed by atoms with E-state index in [1.165, 1.54) is 29.2 Å². The summed E-state index contributed by atoms with van der Waals surface area (Å²) < 4.78 is 0. The largest absolute Gasteiger partial charge is 0.392 e. The molecule has 5 aromatic rings. The van der Waals surface area contributed by atoms with Crippen LogP contribution in [0.2, 0.25) is 10.0 Å². The van der Waals surface area contributed by atoms with E-state index in [1.807, 2.05) is 15.9 Å². The number of β-amino-alcohol motifs (C(OH)–C–C–N with tert-alkyl or cyclic N) is 4. The van der Waals surface area contributed by atoms with Crippen LogP contribution in [0.15, 0.2) is 140 Å². The molecule has 5 aromatic carbocycles. The van der Waals surface area contributed by atoms with Crippen molar-refractivity contribution < 1.29 is 34.8 Å². The van der Waals surface area contributed by atoms with E-state index in [4.69, 9.17) is 40.1 Å². The fraction of sp³-hybridized carbons (Fsp3) is 0.590. The van der Waals surface area contributed by atoms with Gasteiger partial charge in [0.2, 0.25) is 17.7 Å². The molecule has 7 N–H and O–H groups in total. The lowest BCUT2D eigenvalue weighted by molar-refractivity contribution is -0.142. The predicted molar refractivity (Wildman–Crippen MR) is 432 cm³/mol. The molecule has 25 heteroatoms. The van der Waals surface area contributed by atoms with Crippen LogP contribution in [0.1, 0.15) is 74.3 Å². The summed E-state index contributed by atoms with van der Waals surface area (Å²) in [6.07, 6.45) is 3.04. The number of alkyl halides is 1. The minimum absolute atomic E-state index is 0.0151. The van der Waals surface area contributed by atoms with Crippen LogP contribution in [-0.2, 0) is 47.0 Å². The number of rotatable bonds is 19. The predicted octanol–water partition coefficient (Wildman–Crippen LogP) is 5.73. The lowest BCUT2D eigenvalue weighted by Crippen LogP contribution is -2.59. The van der Waals surface area contributed by atoms with Gasteiger partial charge in [-0.25, -0.2) is 0 Å². The second kappa shape index (κ2) is 46.3. The monoisotopic (exact) mass is 1550 g/mol. The van der Waals surface area contributed by atoms with Gasteiger partial charge in [0.15, 0.2) is 0 Å². The summed E-state index contributed by atoms with van der Waals surface area (Å²) >= 11 is 18.3. The molecule has 0 aromatic heterocycles. The van der Waals surface area contributed by atoms with E-state index in [1.54, 1.807) is 36.9 Å². The van der Waals surface area contributed by atoms with Gasteiger partial charge in [-0.15, -0.1) is 11.6 Å². The number of aliphatic hydroxyl groups excluding tert-OH is 4. The van der Waals surface area contributed by atoms with E-state index in [-0.39, 0.29) is 54.6 Å². The van der Waals surface area contributed by atoms with Crippen LogP contribution in [-0.4, -0.2) is 329 Å². The van der Waals surface area contributed by atoms with Gasteiger partial charge in [-0.3, -0.25) is 53.6 Å². The molecule has 3 amide bonds. The number of nitrogens with zero attached hydrogens (tertiary/aromatic N) is 12. The molecule has 9 aliphatic rings. The number of benzene rings is 5. The molecule has 108 heavy (non-hydrogen) atoms. The highest BCUT2D eigenvalue weighted by molar-refractivity contribution is 6.42. The lowest BCUT2D eigenvalue weighted by Gasteiger charge is -2.43. The van der Waals surface area contributed by atoms with Gasteiger partial charge in [0, 0.05) is 254 Å². The first-order chi connectivity index (χ1) is 52.3. The Morgan fingerprint density at radius 1 is 0.435 bits per heavy atom. The van der Waals surface area contributed by atoms with Gasteiger partial charge >= 0.3 is 0 Å². The number of likely N-dealkylation sites (tertiary alicyclic amines) is 4. The molecule has 0 aliphatic carbocycles. The van der Waals surface area contributed by atoms with Crippen LogP contribution in [0.5, 0.6) is 0 Å². The van der Waals surface area contributed by atoms with E-state index in [9.17, 15) is 34.8 Å². The Morgan fingerprint density at radius 2 is 0.861 bits per heavy atom. The second-order valence-corrected chi connectivity index (χ2v) is 31.6. The van der Waals surface area contributed by atoms with Crippen LogP contribution in [0.4, 0.5) is 0 Å². The van der Waals surface area contributed by atoms with Crippen molar-refractivity contribution in [3.05, 3.63) is 177 Å². The number of nitriles is 1. The zero-order chi connectivity index (χ0) is 76.6. The molecular formula is C83H122Cl3N15O7. The van der Waals surface area contributed by atoms with Crippen molar-refractivity contribution in [1.82, 2.24) is 69.8 Å². The van der Waals surface area contributed by atoms with Crippen molar-refractivity contribution in [3.8, 4) is 6.07 Å². The summed E-state index contributed by atoms with van der Waals surface area (Å²) in [5.41, 5.74) is 6.35. The number of nitrogens with one attached hydrogen (secondary N) is 3. The molecule has 9 heterocycles. The van der Waals surface area contributed by atoms with Crippen LogP contribution < -0.4 is 16.0 Å². The van der Waals surface area contributed by atoms with Crippen molar-refractivity contribution in [2.24, 2.45) is 0 Å². The smallest absolute Gasteiger partial charge is 0.227 e. The van der Waals surface area contributed by atoms with Crippen LogP contribution in [0.25, 0.3) is 0 Å². The third kappa shape index (κ3) is 29.7. The van der Waals surface area contributed by atoms with Gasteiger partial charge in [-0.1, -0.05) is 151 Å². The Balaban J connectivity index is 0.000000158. The van der Waals surface area contributed by atoms with Crippen molar-refractivity contribution in [2.45, 2.75) is 134 Å². The molecule has 22 nitrogen and oxygen atoms in total. The average molecular weight is 1550 g/mol. The zero-order valence-corrected chi connectivity index (χ0v) is 66.4. The fourth-order valence-corrected chi connectivity index (χ4v) is 16.6. The number of piperazine rings is 5. The molecule has 0 saturated carbocycles. The normalized spacial score (nSPS) is 25.5. The first kappa shape index (κ1) is 86.3. The van der Waals surface area contributed by atoms with E-state index < -0.39 is 0 Å². The van der Waals surface area contributed by atoms with Gasteiger partial charge in [-0.2, -0.15) is 5.26 Å². The first-order valence-corrected chi connectivity index (χ1v) is 40.6. The number of halogens is 3. The average Bonchev–Trinajstić information content (AvgIpc) is 1.07. The van der Waals surface area contributed by atoms with Crippen molar-refractivity contribution in [3.63, 3.8) is 0 Å². The Kier molecular flexibility index (Phi) is 37.0. The molecule has 0 spiro atoms. The van der Waals surface area contributed by atoms with Gasteiger partial charge < -0.3 is 51.1 Å². The van der Waals surface area contributed by atoms with Gasteiger partial charge in [0.1, 0.15) is 0 Å². The maximum atomic E-state index is 13.0. The molecular weight excluding hydrogens is 1430 g/mol. The summed E-state index contributed by atoms with van der Waals surface area (Å²) in [6.45, 7) is 33.2.